The molecule has 0 radical (unpaired) electrons. The summed E-state index contributed by atoms with van der Waals surface area (Å²) < 4.78 is 0. The van der Waals surface area contributed by atoms with Crippen LogP contribution in [-0.4, -0.2) is 4.99 Å². The summed E-state index contributed by atoms with van der Waals surface area (Å²) in [5, 5.41) is 3.09. The van der Waals surface area contributed by atoms with Crippen molar-refractivity contribution in [3.8, 4) is 0 Å². The molecule has 1 N–H and O–H groups in total. The molecule has 1 heterocycles. The van der Waals surface area contributed by atoms with Crippen LogP contribution >= 0.6 is 12.2 Å². The molecule has 0 aromatic heterocycles. The van der Waals surface area contributed by atoms with Crippen molar-refractivity contribution in [3.05, 3.63) is 23.9 Å². The van der Waals surface area contributed by atoms with Gasteiger partial charge >= 0.3 is 0 Å². The molecular formula is C10H13NS. The second-order valence-electron chi connectivity index (χ2n) is 3.56. The molecule has 64 valence electrons. The third-order valence-corrected chi connectivity index (χ3v) is 2.74. The lowest BCUT2D eigenvalue weighted by atomic mass is 9.97. The van der Waals surface area contributed by atoms with Crippen LogP contribution in [-0.2, 0) is 0 Å². The van der Waals surface area contributed by atoms with Crippen LogP contribution in [0.5, 0.6) is 0 Å². The van der Waals surface area contributed by atoms with E-state index < -0.39 is 0 Å². The van der Waals surface area contributed by atoms with Gasteiger partial charge in [0.15, 0.2) is 0 Å². The van der Waals surface area contributed by atoms with E-state index in [1.807, 2.05) is 0 Å². The second kappa shape index (κ2) is 3.40. The zero-order chi connectivity index (χ0) is 8.39. The van der Waals surface area contributed by atoms with Crippen LogP contribution in [0, 0.1) is 5.92 Å². The molecule has 0 saturated heterocycles. The van der Waals surface area contributed by atoms with Gasteiger partial charge in [0.2, 0.25) is 0 Å². The third-order valence-electron chi connectivity index (χ3n) is 2.48. The van der Waals surface area contributed by atoms with Gasteiger partial charge in [0.25, 0.3) is 0 Å². The number of thiocarbonyl (C=S) groups is 1. The van der Waals surface area contributed by atoms with Crippen molar-refractivity contribution < 1.29 is 0 Å². The van der Waals surface area contributed by atoms with Crippen molar-refractivity contribution in [3.63, 3.8) is 0 Å². The lowest BCUT2D eigenvalue weighted by Gasteiger charge is -2.07. The number of hydrogen-bond acceptors (Lipinski definition) is 1. The number of hydrogen-bond donors (Lipinski definition) is 1. The summed E-state index contributed by atoms with van der Waals surface area (Å²) in [7, 11) is 0. The summed E-state index contributed by atoms with van der Waals surface area (Å²) in [6.07, 6.45) is 11.4. The van der Waals surface area contributed by atoms with Gasteiger partial charge in [-0.15, -0.1) is 0 Å². The maximum atomic E-state index is 5.06. The van der Waals surface area contributed by atoms with Gasteiger partial charge in [-0.3, -0.25) is 0 Å². The van der Waals surface area contributed by atoms with Crippen LogP contribution in [0.4, 0.5) is 0 Å². The van der Waals surface area contributed by atoms with Gasteiger partial charge in [-0.1, -0.05) is 24.4 Å². The molecule has 12 heavy (non-hydrogen) atoms. The Balaban J connectivity index is 1.83. The first-order valence-electron chi connectivity index (χ1n) is 4.47. The molecule has 2 rings (SSSR count). The van der Waals surface area contributed by atoms with Crippen LogP contribution in [0.2, 0.25) is 0 Å². The molecule has 0 bridgehead atoms. The molecule has 1 aliphatic carbocycles. The summed E-state index contributed by atoms with van der Waals surface area (Å²) in [5.74, 6) is 0.846. The van der Waals surface area contributed by atoms with Gasteiger partial charge in [0, 0.05) is 12.6 Å². The summed E-state index contributed by atoms with van der Waals surface area (Å²) >= 11 is 5.06. The minimum Gasteiger partial charge on any atom is -0.356 e. The van der Waals surface area contributed by atoms with Gasteiger partial charge in [0.05, 0.1) is 4.99 Å². The molecule has 2 heteroatoms. The monoisotopic (exact) mass is 179 g/mol. The van der Waals surface area contributed by atoms with Crippen LogP contribution in [0.3, 0.4) is 0 Å². The molecule has 1 aliphatic heterocycles. The van der Waals surface area contributed by atoms with Crippen molar-refractivity contribution in [2.24, 2.45) is 5.92 Å². The summed E-state index contributed by atoms with van der Waals surface area (Å²) in [6.45, 7) is 0. The number of nitrogens with one attached hydrogen (secondary N) is 1. The highest BCUT2D eigenvalue weighted by Crippen LogP contribution is 2.27. The van der Waals surface area contributed by atoms with E-state index in [0.29, 0.717) is 0 Å². The Kier molecular flexibility index (Phi) is 2.26. The molecule has 0 unspecified atom stereocenters. The van der Waals surface area contributed by atoms with E-state index in [4.69, 9.17) is 12.2 Å². The van der Waals surface area contributed by atoms with E-state index in [1.165, 1.54) is 24.8 Å². The van der Waals surface area contributed by atoms with Gasteiger partial charge < -0.3 is 5.32 Å². The lowest BCUT2D eigenvalue weighted by Crippen LogP contribution is -2.05. The quantitative estimate of drug-likeness (QED) is 0.516. The van der Waals surface area contributed by atoms with Crippen molar-refractivity contribution in [1.82, 2.24) is 5.32 Å². The summed E-state index contributed by atoms with van der Waals surface area (Å²) in [6, 6.07) is 0. The molecular weight excluding hydrogens is 166 g/mol. The largest absolute Gasteiger partial charge is 0.356 e. The van der Waals surface area contributed by atoms with Crippen LogP contribution in [0.25, 0.3) is 0 Å². The van der Waals surface area contributed by atoms with E-state index in [1.54, 1.807) is 0 Å². The normalized spacial score (nSPS) is 23.0. The molecule has 0 spiro atoms. The lowest BCUT2D eigenvalue weighted by molar-refractivity contribution is 0.562. The molecule has 0 aromatic carbocycles. The second-order valence-corrected chi connectivity index (χ2v) is 4.05. The van der Waals surface area contributed by atoms with Crippen LogP contribution in [0.1, 0.15) is 25.7 Å². The van der Waals surface area contributed by atoms with E-state index >= 15 is 0 Å². The van der Waals surface area contributed by atoms with E-state index in [-0.39, 0.29) is 0 Å². The fourth-order valence-electron chi connectivity index (χ4n) is 1.83. The SMILES string of the molecule is S=C1CC(CC2CC=CC2)=CN1. The van der Waals surface area contributed by atoms with E-state index in [9.17, 15) is 0 Å². The molecule has 0 atom stereocenters. The number of rotatable bonds is 2. The highest BCUT2D eigenvalue weighted by molar-refractivity contribution is 7.80. The van der Waals surface area contributed by atoms with Crippen LogP contribution < -0.4 is 5.32 Å². The van der Waals surface area contributed by atoms with Crippen LogP contribution in [0.15, 0.2) is 23.9 Å². The number of allylic oxidation sites excluding steroid dienone is 2. The predicted molar refractivity (Wildman–Crippen MR) is 54.9 cm³/mol. The zero-order valence-corrected chi connectivity index (χ0v) is 7.86. The van der Waals surface area contributed by atoms with Crippen molar-refractivity contribution in [2.45, 2.75) is 25.7 Å². The van der Waals surface area contributed by atoms with Gasteiger partial charge in [-0.05, 0) is 30.8 Å². The Morgan fingerprint density at radius 3 is 2.75 bits per heavy atom. The summed E-state index contributed by atoms with van der Waals surface area (Å²) in [4.78, 5) is 0.982. The smallest absolute Gasteiger partial charge is 0.0834 e. The average Bonchev–Trinajstić information content (AvgIpc) is 2.63. The van der Waals surface area contributed by atoms with Crippen molar-refractivity contribution in [1.29, 1.82) is 0 Å². The van der Waals surface area contributed by atoms with Gasteiger partial charge in [-0.2, -0.15) is 0 Å². The maximum absolute atomic E-state index is 5.06. The molecule has 0 amide bonds. The van der Waals surface area contributed by atoms with E-state index in [2.05, 4.69) is 23.7 Å². The molecule has 0 saturated carbocycles. The Labute approximate surface area is 78.5 Å². The fraction of sp³-hybridized carbons (Fsp3) is 0.500. The molecule has 0 aromatic rings. The van der Waals surface area contributed by atoms with Gasteiger partial charge in [-0.25, -0.2) is 0 Å². The minimum atomic E-state index is 0.846. The zero-order valence-electron chi connectivity index (χ0n) is 7.05. The minimum absolute atomic E-state index is 0.846. The highest BCUT2D eigenvalue weighted by Gasteiger charge is 2.15. The summed E-state index contributed by atoms with van der Waals surface area (Å²) in [5.41, 5.74) is 1.48. The first-order chi connectivity index (χ1) is 5.84. The Hall–Kier alpha value is -0.630. The topological polar surface area (TPSA) is 12.0 Å². The molecule has 0 fully saturated rings. The maximum Gasteiger partial charge on any atom is 0.0834 e. The Morgan fingerprint density at radius 2 is 2.17 bits per heavy atom. The first kappa shape index (κ1) is 7.99. The highest BCUT2D eigenvalue weighted by atomic mass is 32.1. The van der Waals surface area contributed by atoms with Crippen molar-refractivity contribution >= 4 is 17.2 Å². The van der Waals surface area contributed by atoms with Gasteiger partial charge in [0.1, 0.15) is 0 Å². The molecule has 1 nitrogen and oxygen atoms in total. The fourth-order valence-corrected chi connectivity index (χ4v) is 2.08. The molecule has 2 aliphatic rings. The standard InChI is InChI=1S/C10H13NS/c12-10-6-9(7-11-10)5-8-3-1-2-4-8/h1-2,7-8H,3-6H2,(H,11,12). The average molecular weight is 179 g/mol. The van der Waals surface area contributed by atoms with Crippen molar-refractivity contribution in [2.75, 3.05) is 0 Å². The first-order valence-corrected chi connectivity index (χ1v) is 4.87. The Morgan fingerprint density at radius 1 is 1.42 bits per heavy atom. The van der Waals surface area contributed by atoms with E-state index in [0.717, 1.165) is 17.3 Å². The predicted octanol–water partition coefficient (Wildman–Crippen LogP) is 2.55. The Bertz CT molecular complexity index is 245. The third kappa shape index (κ3) is 1.75.